The zero-order valence-corrected chi connectivity index (χ0v) is 18.2. The van der Waals surface area contributed by atoms with Crippen molar-refractivity contribution in [1.29, 1.82) is 0 Å². The van der Waals surface area contributed by atoms with Crippen molar-refractivity contribution < 1.29 is 14.3 Å². The Morgan fingerprint density at radius 1 is 1.17 bits per heavy atom. The minimum atomic E-state index is -0.851. The molecule has 3 aromatic rings. The molecule has 9 heteroatoms. The van der Waals surface area contributed by atoms with Crippen LogP contribution in [0.25, 0.3) is 11.3 Å². The van der Waals surface area contributed by atoms with Gasteiger partial charge in [0, 0.05) is 41.0 Å². The van der Waals surface area contributed by atoms with Gasteiger partial charge >= 0.3 is 6.09 Å². The molecule has 2 heterocycles. The second kappa shape index (κ2) is 9.16. The predicted molar refractivity (Wildman–Crippen MR) is 124 cm³/mol. The monoisotopic (exact) mass is 517 g/mol. The van der Waals surface area contributed by atoms with Crippen molar-refractivity contribution in [3.05, 3.63) is 64.2 Å². The molecule has 0 unspecified atom stereocenters. The molecular formula is C21H20IN5O3. The van der Waals surface area contributed by atoms with Gasteiger partial charge in [-0.2, -0.15) is 5.10 Å². The van der Waals surface area contributed by atoms with E-state index in [1.807, 2.05) is 42.5 Å². The van der Waals surface area contributed by atoms with Gasteiger partial charge in [0.05, 0.1) is 18.1 Å². The van der Waals surface area contributed by atoms with E-state index >= 15 is 0 Å². The van der Waals surface area contributed by atoms with Crippen molar-refractivity contribution >= 4 is 46.3 Å². The molecule has 1 aliphatic rings. The molecular weight excluding hydrogens is 497 g/mol. The van der Waals surface area contributed by atoms with Gasteiger partial charge in [-0.3, -0.25) is 5.43 Å². The van der Waals surface area contributed by atoms with Crippen molar-refractivity contribution in [2.24, 2.45) is 5.10 Å². The smallest absolute Gasteiger partial charge is 0.407 e. The zero-order chi connectivity index (χ0) is 20.9. The van der Waals surface area contributed by atoms with Crippen molar-refractivity contribution in [2.75, 3.05) is 36.5 Å². The molecule has 0 aliphatic carbocycles. The highest BCUT2D eigenvalue weighted by Gasteiger charge is 2.20. The molecule has 1 aromatic heterocycles. The van der Waals surface area contributed by atoms with Gasteiger partial charge in [-0.05, 0) is 58.5 Å². The Hall–Kier alpha value is -3.08. The summed E-state index contributed by atoms with van der Waals surface area (Å²) in [4.78, 5) is 18.6. The van der Waals surface area contributed by atoms with Gasteiger partial charge in [0.25, 0.3) is 0 Å². The van der Waals surface area contributed by atoms with Crippen LogP contribution in [-0.2, 0) is 0 Å². The van der Waals surface area contributed by atoms with Gasteiger partial charge in [0.1, 0.15) is 0 Å². The van der Waals surface area contributed by atoms with Crippen LogP contribution in [0, 0.1) is 3.57 Å². The van der Waals surface area contributed by atoms with Crippen LogP contribution in [0.4, 0.5) is 16.2 Å². The molecule has 1 amide bonds. The fourth-order valence-electron chi connectivity index (χ4n) is 3.24. The number of rotatable bonds is 5. The topological polar surface area (TPSA) is 94.2 Å². The number of carbonyl (C=O) groups is 1. The number of nitrogens with one attached hydrogen (secondary N) is 1. The van der Waals surface area contributed by atoms with E-state index in [0.29, 0.717) is 26.2 Å². The highest BCUT2D eigenvalue weighted by Crippen LogP contribution is 2.27. The molecule has 154 valence electrons. The molecule has 0 atom stereocenters. The van der Waals surface area contributed by atoms with E-state index in [-0.39, 0.29) is 0 Å². The Morgan fingerprint density at radius 3 is 2.57 bits per heavy atom. The summed E-state index contributed by atoms with van der Waals surface area (Å²) in [6.07, 6.45) is 4.03. The highest BCUT2D eigenvalue weighted by molar-refractivity contribution is 14.1. The summed E-state index contributed by atoms with van der Waals surface area (Å²) in [7, 11) is 0. The number of halogens is 1. The molecule has 0 spiro atoms. The lowest BCUT2D eigenvalue weighted by Gasteiger charge is -2.34. The van der Waals surface area contributed by atoms with Crippen LogP contribution in [0.3, 0.4) is 0 Å². The van der Waals surface area contributed by atoms with Crippen molar-refractivity contribution in [1.82, 2.24) is 9.88 Å². The third-order valence-electron chi connectivity index (χ3n) is 4.88. The molecule has 8 nitrogen and oxygen atoms in total. The first-order chi connectivity index (χ1) is 14.6. The minimum Gasteiger partial charge on any atom is -0.465 e. The van der Waals surface area contributed by atoms with Gasteiger partial charge in [-0.15, -0.1) is 0 Å². The van der Waals surface area contributed by atoms with Crippen molar-refractivity contribution in [2.45, 2.75) is 0 Å². The number of oxazole rings is 1. The number of carboxylic acid groups (broad SMARTS) is 1. The van der Waals surface area contributed by atoms with E-state index in [9.17, 15) is 4.79 Å². The predicted octanol–water partition coefficient (Wildman–Crippen LogP) is 4.19. The maximum absolute atomic E-state index is 11.0. The molecule has 0 bridgehead atoms. The van der Waals surface area contributed by atoms with Crippen LogP contribution in [0.2, 0.25) is 0 Å². The fourth-order valence-corrected chi connectivity index (χ4v) is 4.02. The molecule has 2 N–H and O–H groups in total. The average Bonchev–Trinajstić information content (AvgIpc) is 3.29. The summed E-state index contributed by atoms with van der Waals surface area (Å²) >= 11 is 2.26. The third kappa shape index (κ3) is 4.73. The van der Waals surface area contributed by atoms with Crippen LogP contribution in [0.5, 0.6) is 0 Å². The summed E-state index contributed by atoms with van der Waals surface area (Å²) in [5.74, 6) is 0.735. The van der Waals surface area contributed by atoms with Crippen LogP contribution >= 0.6 is 22.6 Å². The normalized spacial score (nSPS) is 14.3. The van der Waals surface area contributed by atoms with Crippen LogP contribution < -0.4 is 10.3 Å². The maximum Gasteiger partial charge on any atom is 0.407 e. The molecule has 0 radical (unpaired) electrons. The van der Waals surface area contributed by atoms with Gasteiger partial charge < -0.3 is 19.3 Å². The lowest BCUT2D eigenvalue weighted by molar-refractivity contribution is 0.142. The van der Waals surface area contributed by atoms with Gasteiger partial charge in [-0.25, -0.2) is 9.78 Å². The van der Waals surface area contributed by atoms with Crippen LogP contribution in [-0.4, -0.2) is 53.5 Å². The summed E-state index contributed by atoms with van der Waals surface area (Å²) in [6, 6.07) is 14.0. The molecule has 2 aromatic carbocycles. The summed E-state index contributed by atoms with van der Waals surface area (Å²) in [6.45, 7) is 2.45. The number of hydrazone groups is 1. The molecule has 1 saturated heterocycles. The first kappa shape index (κ1) is 20.2. The lowest BCUT2D eigenvalue weighted by Crippen LogP contribution is -2.48. The largest absolute Gasteiger partial charge is 0.465 e. The van der Waals surface area contributed by atoms with E-state index in [1.54, 1.807) is 12.4 Å². The van der Waals surface area contributed by atoms with Crippen molar-refractivity contribution in [3.63, 3.8) is 0 Å². The first-order valence-electron chi connectivity index (χ1n) is 9.40. The number of piperazine rings is 1. The SMILES string of the molecule is O=C(O)N1CCN(c2ccc(C=NNc3ccc(-c4cnco4)c(I)c3)cc2)CC1. The number of benzene rings is 2. The van der Waals surface area contributed by atoms with E-state index in [1.165, 1.54) is 11.3 Å². The second-order valence-corrected chi connectivity index (χ2v) is 7.94. The Kier molecular flexibility index (Phi) is 6.17. The number of hydrogen-bond acceptors (Lipinski definition) is 6. The van der Waals surface area contributed by atoms with E-state index in [2.05, 4.69) is 43.0 Å². The minimum absolute atomic E-state index is 0.524. The number of anilines is 2. The quantitative estimate of drug-likeness (QED) is 0.300. The van der Waals surface area contributed by atoms with Gasteiger partial charge in [0.15, 0.2) is 12.2 Å². The Morgan fingerprint density at radius 2 is 1.93 bits per heavy atom. The van der Waals surface area contributed by atoms with E-state index in [0.717, 1.165) is 31.8 Å². The highest BCUT2D eigenvalue weighted by atomic mass is 127. The standard InChI is InChI=1S/C21H20IN5O3/c22-19-11-16(3-6-18(19)20-13-23-14-30-20)25-24-12-15-1-4-17(5-2-15)26-7-9-27(10-8-26)21(28)29/h1-6,11-14,25H,7-10H2,(H,28,29). The Labute approximate surface area is 187 Å². The third-order valence-corrected chi connectivity index (χ3v) is 5.78. The van der Waals surface area contributed by atoms with Gasteiger partial charge in [-0.1, -0.05) is 12.1 Å². The summed E-state index contributed by atoms with van der Waals surface area (Å²) in [5, 5.41) is 13.4. The first-order valence-corrected chi connectivity index (χ1v) is 10.5. The second-order valence-electron chi connectivity index (χ2n) is 6.78. The maximum atomic E-state index is 11.0. The number of amides is 1. The molecule has 4 rings (SSSR count). The molecule has 1 fully saturated rings. The van der Waals surface area contributed by atoms with Crippen LogP contribution in [0.15, 0.2) is 64.6 Å². The average molecular weight is 517 g/mol. The summed E-state index contributed by atoms with van der Waals surface area (Å²) in [5.41, 5.74) is 6.98. The Balaban J connectivity index is 1.34. The van der Waals surface area contributed by atoms with Gasteiger partial charge in [0.2, 0.25) is 0 Å². The zero-order valence-electron chi connectivity index (χ0n) is 16.0. The number of nitrogens with zero attached hydrogens (tertiary/aromatic N) is 4. The van der Waals surface area contributed by atoms with Crippen LogP contribution in [0.1, 0.15) is 5.56 Å². The molecule has 0 saturated carbocycles. The summed E-state index contributed by atoms with van der Waals surface area (Å²) < 4.78 is 6.39. The number of hydrogen-bond donors (Lipinski definition) is 2. The lowest BCUT2D eigenvalue weighted by atomic mass is 10.2. The van der Waals surface area contributed by atoms with E-state index < -0.39 is 6.09 Å². The molecule has 1 aliphatic heterocycles. The van der Waals surface area contributed by atoms with E-state index in [4.69, 9.17) is 9.52 Å². The Bertz CT molecular complexity index is 1030. The molecule has 30 heavy (non-hydrogen) atoms. The fraction of sp³-hybridized carbons (Fsp3) is 0.190. The number of aromatic nitrogens is 1. The van der Waals surface area contributed by atoms with Crippen molar-refractivity contribution in [3.8, 4) is 11.3 Å².